The van der Waals surface area contributed by atoms with Crippen LogP contribution in [0.3, 0.4) is 0 Å². The minimum atomic E-state index is -0.668. The minimum Gasteiger partial charge on any atom is -0.496 e. The van der Waals surface area contributed by atoms with E-state index in [0.717, 1.165) is 29.3 Å². The Labute approximate surface area is 149 Å². The molecular formula is C17H18N2O7. The van der Waals surface area contributed by atoms with Crippen LogP contribution in [0.15, 0.2) is 18.2 Å². The molecule has 0 atom stereocenters. The first kappa shape index (κ1) is 19.0. The normalized spacial score (nSPS) is 10.3. The van der Waals surface area contributed by atoms with Crippen molar-refractivity contribution in [2.45, 2.75) is 20.8 Å². The topological polar surface area (TPSA) is 114 Å². The molecule has 26 heavy (non-hydrogen) atoms. The average molecular weight is 362 g/mol. The van der Waals surface area contributed by atoms with Crippen molar-refractivity contribution in [2.75, 3.05) is 14.2 Å². The zero-order valence-corrected chi connectivity index (χ0v) is 15.0. The lowest BCUT2D eigenvalue weighted by molar-refractivity contribution is -0.389. The molecule has 2 aromatic rings. The SMILES string of the molecule is COc1c(C)c(C)c(OC)c(Oc2cc([N+](=O)[O-])ccc2[N+](=O)[O-])c1C. The van der Waals surface area contributed by atoms with Gasteiger partial charge in [0.2, 0.25) is 5.75 Å². The van der Waals surface area contributed by atoms with Crippen molar-refractivity contribution in [3.8, 4) is 23.0 Å². The van der Waals surface area contributed by atoms with Crippen LogP contribution in [-0.2, 0) is 0 Å². The molecule has 2 rings (SSSR count). The molecule has 0 N–H and O–H groups in total. The molecule has 0 aliphatic heterocycles. The van der Waals surface area contributed by atoms with Crippen molar-refractivity contribution in [3.05, 3.63) is 55.1 Å². The maximum Gasteiger partial charge on any atom is 0.312 e. The van der Waals surface area contributed by atoms with E-state index >= 15 is 0 Å². The Balaban J connectivity index is 2.72. The quantitative estimate of drug-likeness (QED) is 0.557. The molecule has 0 unspecified atom stereocenters. The molecule has 0 amide bonds. The maximum atomic E-state index is 11.3. The van der Waals surface area contributed by atoms with Gasteiger partial charge in [0.05, 0.1) is 30.1 Å². The zero-order chi connectivity index (χ0) is 19.6. The van der Waals surface area contributed by atoms with E-state index < -0.39 is 15.5 Å². The molecule has 9 heteroatoms. The summed E-state index contributed by atoms with van der Waals surface area (Å²) in [6, 6.07) is 3.10. The molecule has 0 heterocycles. The Morgan fingerprint density at radius 1 is 0.808 bits per heavy atom. The summed E-state index contributed by atoms with van der Waals surface area (Å²) in [5.41, 5.74) is 1.42. The number of nitrogens with zero attached hydrogens (tertiary/aromatic N) is 2. The molecule has 138 valence electrons. The maximum absolute atomic E-state index is 11.3. The van der Waals surface area contributed by atoms with Gasteiger partial charge < -0.3 is 14.2 Å². The Bertz CT molecular complexity index is 893. The van der Waals surface area contributed by atoms with E-state index in [2.05, 4.69) is 0 Å². The third kappa shape index (κ3) is 3.23. The molecule has 2 aromatic carbocycles. The van der Waals surface area contributed by atoms with Crippen LogP contribution in [0.1, 0.15) is 16.7 Å². The van der Waals surface area contributed by atoms with Gasteiger partial charge in [-0.1, -0.05) is 0 Å². The first-order valence-electron chi connectivity index (χ1n) is 7.55. The smallest absolute Gasteiger partial charge is 0.312 e. The van der Waals surface area contributed by atoms with E-state index in [9.17, 15) is 20.2 Å². The lowest BCUT2D eigenvalue weighted by atomic mass is 10.0. The highest BCUT2D eigenvalue weighted by atomic mass is 16.6. The molecule has 0 saturated heterocycles. The Morgan fingerprint density at radius 2 is 1.38 bits per heavy atom. The molecule has 9 nitrogen and oxygen atoms in total. The van der Waals surface area contributed by atoms with Gasteiger partial charge in [0.1, 0.15) is 5.75 Å². The number of nitro groups is 2. The summed E-state index contributed by atoms with van der Waals surface area (Å²) in [5, 5.41) is 22.3. The van der Waals surface area contributed by atoms with Gasteiger partial charge in [0, 0.05) is 23.3 Å². The lowest BCUT2D eigenvalue weighted by Crippen LogP contribution is -2.03. The lowest BCUT2D eigenvalue weighted by Gasteiger charge is -2.20. The molecule has 0 aliphatic carbocycles. The van der Waals surface area contributed by atoms with Gasteiger partial charge in [-0.25, -0.2) is 0 Å². The van der Waals surface area contributed by atoms with Crippen molar-refractivity contribution in [3.63, 3.8) is 0 Å². The van der Waals surface area contributed by atoms with Gasteiger partial charge in [0.15, 0.2) is 11.5 Å². The largest absolute Gasteiger partial charge is 0.496 e. The molecule has 0 radical (unpaired) electrons. The molecule has 0 aromatic heterocycles. The number of hydrogen-bond acceptors (Lipinski definition) is 7. The van der Waals surface area contributed by atoms with Crippen LogP contribution < -0.4 is 14.2 Å². The van der Waals surface area contributed by atoms with Gasteiger partial charge >= 0.3 is 5.69 Å². The van der Waals surface area contributed by atoms with E-state index in [1.807, 2.05) is 6.92 Å². The molecule has 0 spiro atoms. The monoisotopic (exact) mass is 362 g/mol. The van der Waals surface area contributed by atoms with Crippen LogP contribution >= 0.6 is 0 Å². The number of nitro benzene ring substituents is 2. The van der Waals surface area contributed by atoms with Crippen LogP contribution in [0.4, 0.5) is 11.4 Å². The Morgan fingerprint density at radius 3 is 1.88 bits per heavy atom. The number of benzene rings is 2. The summed E-state index contributed by atoms with van der Waals surface area (Å²) in [5.74, 6) is 0.875. The minimum absolute atomic E-state index is 0.205. The second-order valence-electron chi connectivity index (χ2n) is 5.54. The number of hydrogen-bond donors (Lipinski definition) is 0. The van der Waals surface area contributed by atoms with Crippen LogP contribution in [0.2, 0.25) is 0 Å². The highest BCUT2D eigenvalue weighted by Gasteiger charge is 2.25. The second-order valence-corrected chi connectivity index (χ2v) is 5.54. The van der Waals surface area contributed by atoms with Crippen LogP contribution in [0.25, 0.3) is 0 Å². The third-order valence-corrected chi connectivity index (χ3v) is 4.10. The van der Waals surface area contributed by atoms with Gasteiger partial charge in [-0.3, -0.25) is 20.2 Å². The summed E-state index contributed by atoms with van der Waals surface area (Å²) in [4.78, 5) is 21.0. The Kier molecular flexibility index (Phi) is 5.30. The fourth-order valence-electron chi connectivity index (χ4n) is 2.70. The van der Waals surface area contributed by atoms with Gasteiger partial charge in [-0.05, 0) is 26.3 Å². The van der Waals surface area contributed by atoms with Crippen LogP contribution in [-0.4, -0.2) is 24.1 Å². The first-order valence-corrected chi connectivity index (χ1v) is 7.55. The van der Waals surface area contributed by atoms with E-state index in [4.69, 9.17) is 14.2 Å². The highest BCUT2D eigenvalue weighted by Crippen LogP contribution is 2.46. The molecule has 0 saturated carbocycles. The molecule has 0 aliphatic rings. The van der Waals surface area contributed by atoms with Crippen molar-refractivity contribution in [1.82, 2.24) is 0 Å². The summed E-state index contributed by atoms with van der Waals surface area (Å²) in [7, 11) is 2.95. The highest BCUT2D eigenvalue weighted by molar-refractivity contribution is 5.64. The average Bonchev–Trinajstić information content (AvgIpc) is 2.60. The van der Waals surface area contributed by atoms with E-state index in [0.29, 0.717) is 17.1 Å². The summed E-state index contributed by atoms with van der Waals surface area (Å²) in [6.07, 6.45) is 0. The third-order valence-electron chi connectivity index (χ3n) is 4.10. The molecule has 0 fully saturated rings. The van der Waals surface area contributed by atoms with Crippen molar-refractivity contribution in [2.24, 2.45) is 0 Å². The van der Waals surface area contributed by atoms with Gasteiger partial charge in [0.25, 0.3) is 5.69 Å². The fraction of sp³-hybridized carbons (Fsp3) is 0.294. The number of methoxy groups -OCH3 is 2. The fourth-order valence-corrected chi connectivity index (χ4v) is 2.70. The van der Waals surface area contributed by atoms with Gasteiger partial charge in [-0.15, -0.1) is 0 Å². The van der Waals surface area contributed by atoms with E-state index in [1.54, 1.807) is 13.8 Å². The molecular weight excluding hydrogens is 344 g/mol. The summed E-state index contributed by atoms with van der Waals surface area (Å²) in [6.45, 7) is 5.36. The first-order chi connectivity index (χ1) is 12.2. The van der Waals surface area contributed by atoms with Crippen molar-refractivity contribution in [1.29, 1.82) is 0 Å². The zero-order valence-electron chi connectivity index (χ0n) is 15.0. The van der Waals surface area contributed by atoms with Crippen LogP contribution in [0.5, 0.6) is 23.0 Å². The van der Waals surface area contributed by atoms with Crippen molar-refractivity contribution >= 4 is 11.4 Å². The summed E-state index contributed by atoms with van der Waals surface area (Å²) >= 11 is 0. The van der Waals surface area contributed by atoms with Gasteiger partial charge in [-0.2, -0.15) is 0 Å². The van der Waals surface area contributed by atoms with E-state index in [1.165, 1.54) is 14.2 Å². The summed E-state index contributed by atoms with van der Waals surface area (Å²) < 4.78 is 16.5. The number of rotatable bonds is 6. The molecule has 0 bridgehead atoms. The number of non-ortho nitro benzene ring substituents is 1. The Hall–Kier alpha value is -3.36. The predicted octanol–water partition coefficient (Wildman–Crippen LogP) is 4.24. The van der Waals surface area contributed by atoms with E-state index in [-0.39, 0.29) is 17.2 Å². The van der Waals surface area contributed by atoms with Crippen LogP contribution in [0, 0.1) is 41.0 Å². The van der Waals surface area contributed by atoms with Crippen molar-refractivity contribution < 1.29 is 24.1 Å². The predicted molar refractivity (Wildman–Crippen MR) is 93.6 cm³/mol. The standard InChI is InChI=1S/C17H18N2O7/c1-9-10(2)16(25-5)17(11(3)15(9)24-4)26-14-8-12(18(20)21)6-7-13(14)19(22)23/h6-8H,1-5H3. The number of ether oxygens (including phenoxy) is 3. The second kappa shape index (κ2) is 7.26.